The van der Waals surface area contributed by atoms with Gasteiger partial charge < -0.3 is 14.3 Å². The van der Waals surface area contributed by atoms with Gasteiger partial charge in [0.2, 0.25) is 0 Å². The molecule has 0 saturated carbocycles. The smallest absolute Gasteiger partial charge is 0.178 e. The fraction of sp³-hybridized carbons (Fsp3) is 0.462. The summed E-state index contributed by atoms with van der Waals surface area (Å²) in [5.41, 5.74) is 3.67. The van der Waals surface area contributed by atoms with E-state index < -0.39 is 0 Å². The first-order chi connectivity index (χ1) is 8.27. The minimum atomic E-state index is 0.478. The van der Waals surface area contributed by atoms with Crippen LogP contribution in [0, 0.1) is 11.7 Å². The summed E-state index contributed by atoms with van der Waals surface area (Å²) in [6.07, 6.45) is 2.10. The summed E-state index contributed by atoms with van der Waals surface area (Å²) in [6.45, 7) is 3.82. The van der Waals surface area contributed by atoms with Crippen molar-refractivity contribution in [2.24, 2.45) is 0 Å². The number of aromatic amines is 1. The number of hydrogen-bond donors (Lipinski definition) is 1. The number of aromatic nitrogens is 2. The Morgan fingerprint density at radius 2 is 2.12 bits per heavy atom. The van der Waals surface area contributed by atoms with Gasteiger partial charge in [-0.05, 0) is 43.6 Å². The van der Waals surface area contributed by atoms with Crippen molar-refractivity contribution in [2.45, 2.75) is 25.8 Å². The van der Waals surface area contributed by atoms with E-state index >= 15 is 0 Å². The van der Waals surface area contributed by atoms with Crippen molar-refractivity contribution in [1.82, 2.24) is 9.55 Å². The van der Waals surface area contributed by atoms with Gasteiger partial charge in [0.05, 0.1) is 11.0 Å². The normalized spacial score (nSPS) is 17.7. The van der Waals surface area contributed by atoms with Crippen LogP contribution in [0.3, 0.4) is 0 Å². The molecule has 17 heavy (non-hydrogen) atoms. The Morgan fingerprint density at radius 1 is 1.35 bits per heavy atom. The second-order valence-corrected chi connectivity index (χ2v) is 5.00. The van der Waals surface area contributed by atoms with Gasteiger partial charge in [-0.25, -0.2) is 0 Å². The van der Waals surface area contributed by atoms with E-state index in [4.69, 9.17) is 17.0 Å². The molecule has 4 heteroatoms. The van der Waals surface area contributed by atoms with Crippen LogP contribution < -0.4 is 0 Å². The first-order valence-corrected chi connectivity index (χ1v) is 6.46. The number of aryl methyl sites for hydroxylation is 1. The standard InChI is InChI=1S/C13H16N2OS/c1-9-3-2-4-11-12(9)15(13(17)14-11)10-5-7-16-8-6-10/h2-4,10H,5-8H2,1H3,(H,14,17). The van der Waals surface area contributed by atoms with Crippen molar-refractivity contribution >= 4 is 23.3 Å². The molecule has 0 aliphatic carbocycles. The van der Waals surface area contributed by atoms with Crippen LogP contribution in [0.25, 0.3) is 11.0 Å². The molecule has 2 aromatic rings. The van der Waals surface area contributed by atoms with Crippen molar-refractivity contribution < 1.29 is 4.74 Å². The topological polar surface area (TPSA) is 29.9 Å². The lowest BCUT2D eigenvalue weighted by Crippen LogP contribution is -2.19. The van der Waals surface area contributed by atoms with Gasteiger partial charge in [0, 0.05) is 19.3 Å². The molecule has 1 aromatic carbocycles. The molecule has 0 atom stereocenters. The van der Waals surface area contributed by atoms with Gasteiger partial charge in [0.25, 0.3) is 0 Å². The second-order valence-electron chi connectivity index (χ2n) is 4.61. The van der Waals surface area contributed by atoms with Crippen molar-refractivity contribution in [3.05, 3.63) is 28.5 Å². The van der Waals surface area contributed by atoms with E-state index in [0.29, 0.717) is 6.04 Å². The van der Waals surface area contributed by atoms with Gasteiger partial charge in [-0.2, -0.15) is 0 Å². The molecule has 1 aliphatic rings. The third kappa shape index (κ3) is 1.81. The van der Waals surface area contributed by atoms with E-state index in [1.54, 1.807) is 0 Å². The third-order valence-electron chi connectivity index (χ3n) is 3.50. The van der Waals surface area contributed by atoms with E-state index in [-0.39, 0.29) is 0 Å². The SMILES string of the molecule is Cc1cccc2[nH]c(=S)n(C3CCOCC3)c12. The molecule has 1 aromatic heterocycles. The van der Waals surface area contributed by atoms with Crippen LogP contribution in [0.4, 0.5) is 0 Å². The zero-order valence-corrected chi connectivity index (χ0v) is 10.7. The van der Waals surface area contributed by atoms with Crippen LogP contribution in [0.5, 0.6) is 0 Å². The number of nitrogens with zero attached hydrogens (tertiary/aromatic N) is 1. The van der Waals surface area contributed by atoms with Gasteiger partial charge in [-0.15, -0.1) is 0 Å². The summed E-state index contributed by atoms with van der Waals surface area (Å²) in [6, 6.07) is 6.78. The summed E-state index contributed by atoms with van der Waals surface area (Å²) >= 11 is 5.46. The van der Waals surface area contributed by atoms with Crippen LogP contribution in [-0.2, 0) is 4.74 Å². The van der Waals surface area contributed by atoms with Crippen LogP contribution in [0.2, 0.25) is 0 Å². The Hall–Kier alpha value is -1.13. The Bertz CT molecular complexity index is 593. The molecule has 0 amide bonds. The van der Waals surface area contributed by atoms with Gasteiger partial charge in [0.15, 0.2) is 4.77 Å². The predicted molar refractivity (Wildman–Crippen MR) is 70.9 cm³/mol. The summed E-state index contributed by atoms with van der Waals surface area (Å²) in [5.74, 6) is 0. The maximum Gasteiger partial charge on any atom is 0.178 e. The van der Waals surface area contributed by atoms with Gasteiger partial charge in [0.1, 0.15) is 0 Å². The average molecular weight is 248 g/mol. The molecule has 1 aliphatic heterocycles. The Balaban J connectivity index is 2.20. The molecule has 1 N–H and O–H groups in total. The molecule has 90 valence electrons. The maximum absolute atomic E-state index is 5.46. The molecule has 0 spiro atoms. The van der Waals surface area contributed by atoms with Gasteiger partial charge >= 0.3 is 0 Å². The summed E-state index contributed by atoms with van der Waals surface area (Å²) in [7, 11) is 0. The molecule has 0 unspecified atom stereocenters. The molecule has 1 fully saturated rings. The Kier molecular flexibility index (Phi) is 2.76. The highest BCUT2D eigenvalue weighted by atomic mass is 32.1. The molecular formula is C13H16N2OS. The molecule has 0 bridgehead atoms. The zero-order valence-electron chi connectivity index (χ0n) is 9.90. The van der Waals surface area contributed by atoms with Gasteiger partial charge in [-0.1, -0.05) is 12.1 Å². The lowest BCUT2D eigenvalue weighted by Gasteiger charge is -2.24. The Labute approximate surface area is 105 Å². The first kappa shape index (κ1) is 11.0. The number of rotatable bonds is 1. The fourth-order valence-corrected chi connectivity index (χ4v) is 3.00. The highest BCUT2D eigenvalue weighted by Crippen LogP contribution is 2.28. The maximum atomic E-state index is 5.46. The van der Waals surface area contributed by atoms with Crippen molar-refractivity contribution in [1.29, 1.82) is 0 Å². The first-order valence-electron chi connectivity index (χ1n) is 6.05. The van der Waals surface area contributed by atoms with Gasteiger partial charge in [-0.3, -0.25) is 0 Å². The number of benzene rings is 1. The van der Waals surface area contributed by atoms with Crippen molar-refractivity contribution in [2.75, 3.05) is 13.2 Å². The van der Waals surface area contributed by atoms with E-state index in [9.17, 15) is 0 Å². The minimum absolute atomic E-state index is 0.478. The molecule has 3 nitrogen and oxygen atoms in total. The number of ether oxygens (including phenoxy) is 1. The lowest BCUT2D eigenvalue weighted by molar-refractivity contribution is 0.0702. The van der Waals surface area contributed by atoms with Crippen LogP contribution in [-0.4, -0.2) is 22.8 Å². The van der Waals surface area contributed by atoms with E-state index in [0.717, 1.165) is 36.3 Å². The monoisotopic (exact) mass is 248 g/mol. The number of hydrogen-bond acceptors (Lipinski definition) is 2. The van der Waals surface area contributed by atoms with E-state index in [1.807, 2.05) is 0 Å². The zero-order chi connectivity index (χ0) is 11.8. The quantitative estimate of drug-likeness (QED) is 0.784. The molecular weight excluding hydrogens is 232 g/mol. The number of nitrogens with one attached hydrogen (secondary N) is 1. The van der Waals surface area contributed by atoms with E-state index in [1.165, 1.54) is 11.1 Å². The number of H-pyrrole nitrogens is 1. The average Bonchev–Trinajstić information content (AvgIpc) is 2.68. The van der Waals surface area contributed by atoms with Crippen LogP contribution in [0.1, 0.15) is 24.4 Å². The lowest BCUT2D eigenvalue weighted by atomic mass is 10.1. The molecule has 0 radical (unpaired) electrons. The fourth-order valence-electron chi connectivity index (χ4n) is 2.65. The summed E-state index contributed by atoms with van der Waals surface area (Å²) < 4.78 is 8.54. The largest absolute Gasteiger partial charge is 0.381 e. The molecule has 1 saturated heterocycles. The van der Waals surface area contributed by atoms with Crippen LogP contribution in [0.15, 0.2) is 18.2 Å². The van der Waals surface area contributed by atoms with E-state index in [2.05, 4.69) is 34.7 Å². The number of fused-ring (bicyclic) bond motifs is 1. The Morgan fingerprint density at radius 3 is 2.88 bits per heavy atom. The predicted octanol–water partition coefficient (Wildman–Crippen LogP) is 3.36. The highest BCUT2D eigenvalue weighted by molar-refractivity contribution is 7.71. The summed E-state index contributed by atoms with van der Waals surface area (Å²) in [5, 5.41) is 0. The number of para-hydroxylation sites is 1. The number of imidazole rings is 1. The molecule has 3 rings (SSSR count). The third-order valence-corrected chi connectivity index (χ3v) is 3.79. The summed E-state index contributed by atoms with van der Waals surface area (Å²) in [4.78, 5) is 3.30. The second kappa shape index (κ2) is 4.27. The molecule has 2 heterocycles. The van der Waals surface area contributed by atoms with Crippen molar-refractivity contribution in [3.8, 4) is 0 Å². The highest BCUT2D eigenvalue weighted by Gasteiger charge is 2.19. The van der Waals surface area contributed by atoms with Crippen LogP contribution >= 0.6 is 12.2 Å². The van der Waals surface area contributed by atoms with Crippen molar-refractivity contribution in [3.63, 3.8) is 0 Å². The minimum Gasteiger partial charge on any atom is -0.381 e.